The molecule has 8 nitrogen and oxygen atoms in total. The van der Waals surface area contributed by atoms with Crippen molar-refractivity contribution < 1.29 is 32.9 Å². The van der Waals surface area contributed by atoms with Gasteiger partial charge < -0.3 is 19.8 Å². The van der Waals surface area contributed by atoms with Crippen LogP contribution in [0, 0.1) is 0 Å². The second kappa shape index (κ2) is 63.7. The van der Waals surface area contributed by atoms with Crippen LogP contribution in [0.5, 0.6) is 0 Å². The Balaban J connectivity index is 4.06. The number of phosphoric ester groups is 1. The van der Waals surface area contributed by atoms with Crippen LogP contribution in [0.2, 0.25) is 0 Å². The summed E-state index contributed by atoms with van der Waals surface area (Å²) in [5, 5.41) is 14.0. The predicted octanol–water partition coefficient (Wildman–Crippen LogP) is 22.3. The van der Waals surface area contributed by atoms with E-state index in [-0.39, 0.29) is 19.1 Å². The zero-order valence-electron chi connectivity index (χ0n) is 54.9. The van der Waals surface area contributed by atoms with Crippen molar-refractivity contribution in [3.05, 3.63) is 109 Å². The monoisotopic (exact) mass is 1180 g/mol. The van der Waals surface area contributed by atoms with E-state index in [1.165, 1.54) is 199 Å². The molecule has 0 saturated carbocycles. The van der Waals surface area contributed by atoms with E-state index in [1.807, 2.05) is 27.2 Å². The van der Waals surface area contributed by atoms with E-state index in [1.54, 1.807) is 6.08 Å². The minimum Gasteiger partial charge on any atom is -0.387 e. The second-order valence-electron chi connectivity index (χ2n) is 24.5. The van der Waals surface area contributed by atoms with Crippen LogP contribution in [0.4, 0.5) is 0 Å². The fourth-order valence-electron chi connectivity index (χ4n) is 9.86. The molecule has 0 aliphatic carbocycles. The van der Waals surface area contributed by atoms with E-state index in [2.05, 4.69) is 116 Å². The smallest absolute Gasteiger partial charge is 0.387 e. The number of rotatable bonds is 63. The third-order valence-electron chi connectivity index (χ3n) is 15.2. The molecule has 0 radical (unpaired) electrons. The van der Waals surface area contributed by atoms with Crippen LogP contribution in [0.3, 0.4) is 0 Å². The van der Waals surface area contributed by atoms with Gasteiger partial charge in [0.1, 0.15) is 13.2 Å². The number of aliphatic hydroxyl groups is 1. The van der Waals surface area contributed by atoms with Crippen molar-refractivity contribution in [1.29, 1.82) is 0 Å². The number of likely N-dealkylation sites (N-methyl/N-ethyl adjacent to an activating group) is 1. The molecule has 0 aromatic carbocycles. The largest absolute Gasteiger partial charge is 0.472 e. The lowest BCUT2D eigenvalue weighted by Gasteiger charge is -2.25. The van der Waals surface area contributed by atoms with Crippen LogP contribution < -0.4 is 5.32 Å². The Morgan fingerprint density at radius 3 is 1.11 bits per heavy atom. The van der Waals surface area contributed by atoms with Gasteiger partial charge in [0, 0.05) is 6.42 Å². The quantitative estimate of drug-likeness (QED) is 0.0243. The third kappa shape index (κ3) is 66.5. The van der Waals surface area contributed by atoms with Crippen LogP contribution >= 0.6 is 7.82 Å². The summed E-state index contributed by atoms with van der Waals surface area (Å²) < 4.78 is 23.8. The van der Waals surface area contributed by atoms with Crippen LogP contribution in [0.15, 0.2) is 109 Å². The number of unbranched alkanes of at least 4 members (excludes halogenated alkanes) is 34. The summed E-state index contributed by atoms with van der Waals surface area (Å²) in [5.74, 6) is -0.186. The van der Waals surface area contributed by atoms with Gasteiger partial charge in [-0.05, 0) is 89.9 Å². The Hall–Kier alpha value is -2.84. The number of carbonyl (C=O) groups excluding carboxylic acids is 1. The zero-order valence-corrected chi connectivity index (χ0v) is 55.8. The molecule has 0 fully saturated rings. The van der Waals surface area contributed by atoms with Crippen LogP contribution in [0.25, 0.3) is 0 Å². The number of allylic oxidation sites excluding steroid dienone is 17. The fraction of sp³-hybridized carbons (Fsp3) is 0.743. The summed E-state index contributed by atoms with van der Waals surface area (Å²) in [6.45, 7) is 4.70. The third-order valence-corrected chi connectivity index (χ3v) is 16.2. The number of nitrogens with one attached hydrogen (secondary N) is 1. The first-order chi connectivity index (χ1) is 40.5. The number of amides is 1. The highest BCUT2D eigenvalue weighted by Crippen LogP contribution is 2.43. The van der Waals surface area contributed by atoms with E-state index in [4.69, 9.17) is 9.05 Å². The second-order valence-corrected chi connectivity index (χ2v) is 26.0. The molecule has 0 aromatic heterocycles. The molecule has 9 heteroatoms. The van der Waals surface area contributed by atoms with Gasteiger partial charge >= 0.3 is 7.82 Å². The van der Waals surface area contributed by atoms with Gasteiger partial charge in [-0.25, -0.2) is 4.57 Å². The number of carbonyl (C=O) groups is 1. The first kappa shape index (κ1) is 80.2. The number of phosphoric acid groups is 1. The Morgan fingerprint density at radius 1 is 0.422 bits per heavy atom. The maximum Gasteiger partial charge on any atom is 0.472 e. The number of aliphatic hydroxyl groups excluding tert-OH is 1. The average Bonchev–Trinajstić information content (AvgIpc) is 3.50. The molecule has 83 heavy (non-hydrogen) atoms. The summed E-state index contributed by atoms with van der Waals surface area (Å²) in [4.78, 5) is 23.4. The number of hydrogen-bond donors (Lipinski definition) is 3. The van der Waals surface area contributed by atoms with Crippen molar-refractivity contribution in [2.75, 3.05) is 40.9 Å². The molecule has 3 N–H and O–H groups in total. The van der Waals surface area contributed by atoms with Gasteiger partial charge in [0.05, 0.1) is 39.9 Å². The number of hydrogen-bond acceptors (Lipinski definition) is 5. The van der Waals surface area contributed by atoms with Crippen LogP contribution in [-0.2, 0) is 18.4 Å². The minimum atomic E-state index is -4.36. The highest BCUT2D eigenvalue weighted by atomic mass is 31.2. The molecule has 3 unspecified atom stereocenters. The van der Waals surface area contributed by atoms with Crippen LogP contribution in [-0.4, -0.2) is 73.4 Å². The van der Waals surface area contributed by atoms with Gasteiger partial charge in [0.2, 0.25) is 5.91 Å². The van der Waals surface area contributed by atoms with Crippen molar-refractivity contribution in [2.45, 2.75) is 315 Å². The molecule has 3 atom stereocenters. The Kier molecular flexibility index (Phi) is 61.5. The first-order valence-electron chi connectivity index (χ1n) is 34.8. The lowest BCUT2D eigenvalue weighted by atomic mass is 10.0. The summed E-state index contributed by atoms with van der Waals surface area (Å²) in [6, 6.07) is -0.869. The van der Waals surface area contributed by atoms with Crippen LogP contribution in [0.1, 0.15) is 303 Å². The van der Waals surface area contributed by atoms with E-state index in [0.29, 0.717) is 17.4 Å². The summed E-state index contributed by atoms with van der Waals surface area (Å²) in [5.41, 5.74) is 0. The Labute approximate surface area is 514 Å². The number of quaternary nitrogens is 1. The predicted molar refractivity (Wildman–Crippen MR) is 364 cm³/mol. The zero-order chi connectivity index (χ0) is 60.5. The molecule has 480 valence electrons. The van der Waals surface area contributed by atoms with Crippen molar-refractivity contribution in [3.8, 4) is 0 Å². The molecule has 1 amide bonds. The van der Waals surface area contributed by atoms with Crippen molar-refractivity contribution in [1.82, 2.24) is 5.32 Å². The summed E-state index contributed by atoms with van der Waals surface area (Å²) in [7, 11) is 1.56. The Bertz CT molecular complexity index is 1720. The maximum absolute atomic E-state index is 13.0. The lowest BCUT2D eigenvalue weighted by Crippen LogP contribution is -2.45. The highest BCUT2D eigenvalue weighted by molar-refractivity contribution is 7.47. The van der Waals surface area contributed by atoms with Gasteiger partial charge in [0.25, 0.3) is 0 Å². The first-order valence-corrected chi connectivity index (χ1v) is 36.3. The normalized spacial score (nSPS) is 14.3. The standard InChI is InChI=1S/C74H133N2O6P/c1-6-8-10-12-14-16-18-20-22-24-26-28-30-31-32-33-34-35-36-37-38-39-40-41-42-43-44-45-46-48-50-52-54-56-58-60-62-64-66-68-74(78)75-72(71-82-83(79,80)81-70-69-76(3,4)5)73(77)67-65-63-61-59-57-55-53-51-49-47-29-27-25-23-21-19-17-15-13-11-9-7-2/h8,10,14,16,20,22,26,28,31-32,34-35,37-38,57,59,65,67,72-73,77H,6-7,9,11-13,15,17-19,21,23-25,27,29-30,33,36,39-56,58,60-64,66,68-71H2,1-5H3,(H-,75,78,79,80)/p+1/b10-8-,16-14-,22-20-,28-26-,32-31-,35-34-,38-37-,59-57+,67-65+. The van der Waals surface area contributed by atoms with E-state index in [0.717, 1.165) is 83.5 Å². The molecule has 0 heterocycles. The van der Waals surface area contributed by atoms with Crippen molar-refractivity contribution >= 4 is 13.7 Å². The molecule has 0 saturated heterocycles. The van der Waals surface area contributed by atoms with Crippen molar-refractivity contribution in [2.24, 2.45) is 0 Å². The van der Waals surface area contributed by atoms with Gasteiger partial charge in [-0.2, -0.15) is 0 Å². The summed E-state index contributed by atoms with van der Waals surface area (Å²) in [6.07, 6.45) is 93.8. The lowest BCUT2D eigenvalue weighted by molar-refractivity contribution is -0.870. The van der Waals surface area contributed by atoms with E-state index in [9.17, 15) is 19.4 Å². The molecule has 0 spiro atoms. The van der Waals surface area contributed by atoms with Crippen molar-refractivity contribution in [3.63, 3.8) is 0 Å². The molecule has 0 aromatic rings. The molecule has 0 bridgehead atoms. The van der Waals surface area contributed by atoms with Gasteiger partial charge in [-0.3, -0.25) is 13.8 Å². The minimum absolute atomic E-state index is 0.0537. The molecule has 0 aliphatic rings. The topological polar surface area (TPSA) is 105 Å². The van der Waals surface area contributed by atoms with Gasteiger partial charge in [0.15, 0.2) is 0 Å². The maximum atomic E-state index is 13.0. The average molecular weight is 1180 g/mol. The molecule has 0 aliphatic heterocycles. The van der Waals surface area contributed by atoms with Gasteiger partial charge in [-0.1, -0.05) is 316 Å². The summed E-state index contributed by atoms with van der Waals surface area (Å²) >= 11 is 0. The fourth-order valence-corrected chi connectivity index (χ4v) is 10.6. The molecule has 0 rings (SSSR count). The highest BCUT2D eigenvalue weighted by Gasteiger charge is 2.28. The Morgan fingerprint density at radius 2 is 0.735 bits per heavy atom. The van der Waals surface area contributed by atoms with E-state index < -0.39 is 20.0 Å². The molecular formula is C74H134N2O6P+. The van der Waals surface area contributed by atoms with E-state index >= 15 is 0 Å². The molecular weight excluding hydrogens is 1040 g/mol. The number of nitrogens with zero attached hydrogens (tertiary/aromatic N) is 1. The SMILES string of the molecule is CC/C=C\C/C=C\C/C=C\C/C=C\C/C=C\C/C=C\C/C=C\CCCCCCCCCCCCCCCCCCCC(=O)NC(COP(=O)(O)OCC[N+](C)(C)C)C(O)/C=C/CC/C=C/CCCCCCCCCCCCCCCCCC. The van der Waals surface area contributed by atoms with Gasteiger partial charge in [-0.15, -0.1) is 0 Å².